The predicted octanol–water partition coefficient (Wildman–Crippen LogP) is 8.18. The fourth-order valence-corrected chi connectivity index (χ4v) is 7.42. The van der Waals surface area contributed by atoms with Crippen molar-refractivity contribution in [1.29, 1.82) is 0 Å². The van der Waals surface area contributed by atoms with Gasteiger partial charge in [-0.15, -0.1) is 0 Å². The second kappa shape index (κ2) is 17.4. The summed E-state index contributed by atoms with van der Waals surface area (Å²) < 4.78 is 38.9. The summed E-state index contributed by atoms with van der Waals surface area (Å²) in [4.78, 5) is 21.1. The largest absolute Gasteiger partial charge is 0.493 e. The highest BCUT2D eigenvalue weighted by atomic mass is 127. The van der Waals surface area contributed by atoms with Gasteiger partial charge in [0.2, 0.25) is 0 Å². The lowest BCUT2D eigenvalue weighted by Gasteiger charge is -2.14. The minimum Gasteiger partial charge on any atom is -0.493 e. The molecule has 1 aliphatic heterocycles. The number of anilines is 3. The van der Waals surface area contributed by atoms with Crippen molar-refractivity contribution in [2.45, 2.75) is 6.23 Å². The zero-order valence-corrected chi connectivity index (χ0v) is 33.4. The third kappa shape index (κ3) is 9.24. The molecule has 0 saturated heterocycles. The van der Waals surface area contributed by atoms with Gasteiger partial charge in [-0.1, -0.05) is 11.6 Å². The second-order valence-corrected chi connectivity index (χ2v) is 14.6. The summed E-state index contributed by atoms with van der Waals surface area (Å²) in [5.74, 6) is 1.05. The Bertz CT molecular complexity index is 2140. The van der Waals surface area contributed by atoms with Gasteiger partial charge in [0.15, 0.2) is 24.3 Å². The molecule has 5 aromatic rings. The number of amides is 1. The molecule has 1 aliphatic rings. The topological polar surface area (TPSA) is 136 Å². The predicted molar refractivity (Wildman–Crippen MR) is 214 cm³/mol. The van der Waals surface area contributed by atoms with E-state index in [1.807, 2.05) is 36.4 Å². The van der Waals surface area contributed by atoms with E-state index in [9.17, 15) is 14.3 Å². The Kier molecular flexibility index (Phi) is 12.7. The van der Waals surface area contributed by atoms with Crippen LogP contribution in [0.4, 0.5) is 21.6 Å². The van der Waals surface area contributed by atoms with Crippen molar-refractivity contribution in [3.63, 3.8) is 0 Å². The van der Waals surface area contributed by atoms with Crippen molar-refractivity contribution in [2.24, 2.45) is 0 Å². The molecule has 0 saturated carbocycles. The number of fused-ring (bicyclic) bond motifs is 2. The number of benzene rings is 4. The van der Waals surface area contributed by atoms with Gasteiger partial charge in [0.05, 0.1) is 39.8 Å². The molecular formula is C36H30Br2ClFIN5O6. The molecule has 52 heavy (non-hydrogen) atoms. The molecule has 1 aromatic heterocycles. The molecule has 1 atom stereocenters. The summed E-state index contributed by atoms with van der Waals surface area (Å²) in [6.45, 7) is 0.779. The molecule has 270 valence electrons. The van der Waals surface area contributed by atoms with Crippen molar-refractivity contribution in [2.75, 3.05) is 50.7 Å². The van der Waals surface area contributed by atoms with Crippen LogP contribution in [0.2, 0.25) is 5.02 Å². The Morgan fingerprint density at radius 3 is 2.62 bits per heavy atom. The van der Waals surface area contributed by atoms with Crippen LogP contribution in [0.25, 0.3) is 22.6 Å². The van der Waals surface area contributed by atoms with Crippen LogP contribution in [0.15, 0.2) is 75.9 Å². The monoisotopic (exact) mass is 967 g/mol. The van der Waals surface area contributed by atoms with Gasteiger partial charge in [-0.3, -0.25) is 4.79 Å². The third-order valence-electron chi connectivity index (χ3n) is 7.73. The number of rotatable bonds is 14. The van der Waals surface area contributed by atoms with Gasteiger partial charge in [-0.2, -0.15) is 0 Å². The number of aliphatic hydroxyl groups excluding tert-OH is 1. The van der Waals surface area contributed by atoms with Crippen LogP contribution in [0.1, 0.15) is 11.1 Å². The molecule has 11 nitrogen and oxygen atoms in total. The molecule has 0 aliphatic carbocycles. The van der Waals surface area contributed by atoms with E-state index < -0.39 is 12.0 Å². The van der Waals surface area contributed by atoms with Crippen LogP contribution in [-0.4, -0.2) is 67.3 Å². The fourth-order valence-electron chi connectivity index (χ4n) is 5.30. The summed E-state index contributed by atoms with van der Waals surface area (Å²) in [5, 5.41) is 20.2. The molecule has 0 bridgehead atoms. The Morgan fingerprint density at radius 1 is 1.04 bits per heavy atom. The molecule has 4 aromatic carbocycles. The number of nitrogens with one attached hydrogen (secondary N) is 3. The third-order valence-corrected chi connectivity index (χ3v) is 9.87. The van der Waals surface area contributed by atoms with Crippen LogP contribution in [0.5, 0.6) is 17.2 Å². The lowest BCUT2D eigenvalue weighted by molar-refractivity contribution is -0.123. The maximum atomic E-state index is 13.6. The van der Waals surface area contributed by atoms with E-state index >= 15 is 0 Å². The van der Waals surface area contributed by atoms with Gasteiger partial charge in [-0.05, 0) is 121 Å². The summed E-state index contributed by atoms with van der Waals surface area (Å²) in [5.41, 5.74) is 4.58. The van der Waals surface area contributed by atoms with E-state index in [4.69, 9.17) is 30.5 Å². The molecule has 0 fully saturated rings. The molecule has 16 heteroatoms. The highest BCUT2D eigenvalue weighted by Gasteiger charge is 2.25. The van der Waals surface area contributed by atoms with E-state index in [2.05, 4.69) is 80.4 Å². The maximum Gasteiger partial charge on any atom is 0.258 e. The number of aromatic nitrogens is 2. The van der Waals surface area contributed by atoms with Gasteiger partial charge in [0, 0.05) is 44.1 Å². The van der Waals surface area contributed by atoms with Gasteiger partial charge < -0.3 is 40.0 Å². The number of methoxy groups -OCH3 is 1. The fraction of sp³-hybridized carbons (Fsp3) is 0.194. The van der Waals surface area contributed by atoms with Crippen LogP contribution in [0.3, 0.4) is 0 Å². The Hall–Kier alpha value is -3.74. The smallest absolute Gasteiger partial charge is 0.258 e. The number of carbonyl (C=O) groups is 1. The molecule has 1 amide bonds. The molecule has 6 rings (SSSR count). The number of hydrogen-bond acceptors (Lipinski definition) is 10. The number of ether oxygens (including phenoxy) is 4. The van der Waals surface area contributed by atoms with Gasteiger partial charge in [-0.25, -0.2) is 14.4 Å². The zero-order chi connectivity index (χ0) is 36.8. The van der Waals surface area contributed by atoms with Crippen LogP contribution < -0.4 is 30.2 Å². The van der Waals surface area contributed by atoms with E-state index in [0.717, 1.165) is 26.0 Å². The molecule has 4 N–H and O–H groups in total. The standard InChI is InChI=1S/C36H30Br2ClFIN5O6/c1-49-31-16-30-24(35(44-18-43-30)45-21-3-4-28(40)27(39)14-21)15-32(31)51-9-8-50-7-6-42-33(47)17-52-34-25(37)11-19(12-26(34)38)10-23-22-13-20(41)2-5-29(22)46-36(23)48/h2-5,10-16,18,36,46,48H,6-9,17H2,1H3,(H,42,47)(H,43,44,45). The first-order chi connectivity index (χ1) is 25.1. The van der Waals surface area contributed by atoms with E-state index in [-0.39, 0.29) is 43.9 Å². The highest BCUT2D eigenvalue weighted by molar-refractivity contribution is 14.1. The summed E-state index contributed by atoms with van der Waals surface area (Å²) in [6, 6.07) is 17.5. The minimum absolute atomic E-state index is 0.0131. The summed E-state index contributed by atoms with van der Waals surface area (Å²) in [7, 11) is 1.53. The molecule has 2 heterocycles. The van der Waals surface area contributed by atoms with Crippen molar-refractivity contribution in [3.05, 3.63) is 101 Å². The second-order valence-electron chi connectivity index (χ2n) is 11.2. The van der Waals surface area contributed by atoms with E-state index in [0.29, 0.717) is 48.6 Å². The first kappa shape index (κ1) is 38.0. The SMILES string of the molecule is COc1cc2ncnc(Nc3ccc(F)c(Cl)c3)c2cc1OCCOCCNC(=O)COc1c(Br)cc(C=C2c3cc(I)ccc3NC2O)cc1Br. The average Bonchev–Trinajstić information content (AvgIpc) is 3.42. The van der Waals surface area contributed by atoms with E-state index in [1.54, 1.807) is 18.2 Å². The van der Waals surface area contributed by atoms with Gasteiger partial charge in [0.25, 0.3) is 5.91 Å². The lowest BCUT2D eigenvalue weighted by Crippen LogP contribution is -2.32. The van der Waals surface area contributed by atoms with Crippen molar-refractivity contribution >= 4 is 112 Å². The van der Waals surface area contributed by atoms with Gasteiger partial charge in [0.1, 0.15) is 30.3 Å². The first-order valence-electron chi connectivity index (χ1n) is 15.7. The van der Waals surface area contributed by atoms with Crippen LogP contribution >= 0.6 is 66.1 Å². The maximum absolute atomic E-state index is 13.6. The quantitative estimate of drug-likeness (QED) is 0.0638. The number of aliphatic hydroxyl groups is 1. The van der Waals surface area contributed by atoms with Crippen LogP contribution in [0, 0.1) is 9.39 Å². The van der Waals surface area contributed by atoms with Crippen LogP contribution in [-0.2, 0) is 9.53 Å². The molecule has 0 spiro atoms. The highest BCUT2D eigenvalue weighted by Crippen LogP contribution is 2.40. The minimum atomic E-state index is -0.820. The summed E-state index contributed by atoms with van der Waals surface area (Å²) in [6.07, 6.45) is 2.50. The van der Waals surface area contributed by atoms with Gasteiger partial charge >= 0.3 is 0 Å². The molecule has 1 unspecified atom stereocenters. The number of carbonyl (C=O) groups excluding carboxylic acids is 1. The Balaban J connectivity index is 0.955. The number of hydrogen-bond donors (Lipinski definition) is 4. The average molecular weight is 970 g/mol. The molecule has 0 radical (unpaired) electrons. The van der Waals surface area contributed by atoms with Crippen molar-refractivity contribution in [3.8, 4) is 17.2 Å². The molecular weight excluding hydrogens is 940 g/mol. The summed E-state index contributed by atoms with van der Waals surface area (Å²) >= 11 is 15.3. The van der Waals surface area contributed by atoms with Crippen molar-refractivity contribution in [1.82, 2.24) is 15.3 Å². The number of nitrogens with zero attached hydrogens (tertiary/aromatic N) is 2. The zero-order valence-electron chi connectivity index (χ0n) is 27.3. The normalized spacial score (nSPS) is 14.2. The lowest BCUT2D eigenvalue weighted by atomic mass is 10.0. The first-order valence-corrected chi connectivity index (χ1v) is 18.7. The van der Waals surface area contributed by atoms with E-state index in [1.165, 1.54) is 25.6 Å². The number of halogens is 5. The Labute approximate surface area is 333 Å². The van der Waals surface area contributed by atoms with Crippen molar-refractivity contribution < 1.29 is 33.2 Å². The Morgan fingerprint density at radius 2 is 1.85 bits per heavy atom.